The first kappa shape index (κ1) is 20.4. The summed E-state index contributed by atoms with van der Waals surface area (Å²) in [6.07, 6.45) is 15.1. The summed E-state index contributed by atoms with van der Waals surface area (Å²) >= 11 is 0. The number of ether oxygens (including phenoxy) is 1. The molecule has 0 aromatic heterocycles. The summed E-state index contributed by atoms with van der Waals surface area (Å²) in [5, 5.41) is 0. The number of carbonyl (C=O) groups is 1. The van der Waals surface area contributed by atoms with Crippen LogP contribution in [-0.2, 0) is 4.79 Å². The number of rotatable bonds is 7. The van der Waals surface area contributed by atoms with Gasteiger partial charge in [0.2, 0.25) is 0 Å². The molecule has 0 radical (unpaired) electrons. The van der Waals surface area contributed by atoms with Crippen molar-refractivity contribution in [2.24, 2.45) is 17.8 Å². The molecule has 0 saturated heterocycles. The lowest BCUT2D eigenvalue weighted by atomic mass is 9.77. The van der Waals surface area contributed by atoms with Crippen molar-refractivity contribution in [2.45, 2.75) is 96.8 Å². The Hall–Kier alpha value is -1.31. The van der Waals surface area contributed by atoms with Gasteiger partial charge in [0.05, 0.1) is 5.92 Å². The number of unbranched alkanes of at least 4 members (excludes halogenated alkanes) is 1. The highest BCUT2D eigenvalue weighted by molar-refractivity contribution is 5.75. The third-order valence-corrected chi connectivity index (χ3v) is 7.14. The molecular weight excluding hydrogens is 332 g/mol. The molecule has 27 heavy (non-hydrogen) atoms. The van der Waals surface area contributed by atoms with Crippen LogP contribution in [0.25, 0.3) is 0 Å². The van der Waals surface area contributed by atoms with Gasteiger partial charge in [0.15, 0.2) is 0 Å². The van der Waals surface area contributed by atoms with E-state index in [-0.39, 0.29) is 11.9 Å². The van der Waals surface area contributed by atoms with Gasteiger partial charge in [-0.15, -0.1) is 0 Å². The Kier molecular flexibility index (Phi) is 7.79. The molecule has 0 N–H and O–H groups in total. The molecule has 0 heterocycles. The fourth-order valence-corrected chi connectivity index (χ4v) is 5.09. The molecule has 2 heteroatoms. The first-order valence-corrected chi connectivity index (χ1v) is 11.5. The second-order valence-corrected chi connectivity index (χ2v) is 8.98. The van der Waals surface area contributed by atoms with E-state index in [4.69, 9.17) is 4.74 Å². The topological polar surface area (TPSA) is 26.3 Å². The van der Waals surface area contributed by atoms with Gasteiger partial charge in [-0.3, -0.25) is 4.79 Å². The Bertz CT molecular complexity index is 560. The minimum absolute atomic E-state index is 0.0197. The second-order valence-electron chi connectivity index (χ2n) is 8.98. The smallest absolute Gasteiger partial charge is 0.314 e. The summed E-state index contributed by atoms with van der Waals surface area (Å²) in [5.41, 5.74) is 1.42. The second kappa shape index (κ2) is 10.3. The fraction of sp³-hybridized carbons (Fsp3) is 0.720. The molecule has 0 bridgehead atoms. The zero-order valence-electron chi connectivity index (χ0n) is 17.4. The van der Waals surface area contributed by atoms with Crippen molar-refractivity contribution in [1.29, 1.82) is 0 Å². The van der Waals surface area contributed by atoms with Crippen LogP contribution in [0.4, 0.5) is 0 Å². The maximum Gasteiger partial charge on any atom is 0.314 e. The Balaban J connectivity index is 1.46. The van der Waals surface area contributed by atoms with Gasteiger partial charge in [-0.1, -0.05) is 51.7 Å². The molecule has 2 nitrogen and oxygen atoms in total. The largest absolute Gasteiger partial charge is 0.426 e. The van der Waals surface area contributed by atoms with Crippen LogP contribution in [0.3, 0.4) is 0 Å². The van der Waals surface area contributed by atoms with Crippen LogP contribution in [0, 0.1) is 17.8 Å². The molecule has 2 aliphatic carbocycles. The number of carbonyl (C=O) groups excluding carboxylic acids is 1. The summed E-state index contributed by atoms with van der Waals surface area (Å²) in [5.74, 6) is 3.25. The van der Waals surface area contributed by atoms with Crippen LogP contribution < -0.4 is 4.74 Å². The van der Waals surface area contributed by atoms with E-state index in [1.54, 1.807) is 0 Å². The molecule has 0 unspecified atom stereocenters. The summed E-state index contributed by atoms with van der Waals surface area (Å²) < 4.78 is 5.69. The lowest BCUT2D eigenvalue weighted by molar-refractivity contribution is -0.140. The van der Waals surface area contributed by atoms with Crippen LogP contribution in [0.15, 0.2) is 24.3 Å². The molecule has 0 aliphatic heterocycles. The average Bonchev–Trinajstić information content (AvgIpc) is 2.73. The van der Waals surface area contributed by atoms with Gasteiger partial charge in [-0.25, -0.2) is 0 Å². The summed E-state index contributed by atoms with van der Waals surface area (Å²) in [6.45, 7) is 4.54. The predicted octanol–water partition coefficient (Wildman–Crippen LogP) is 7.27. The molecule has 0 atom stereocenters. The summed E-state index contributed by atoms with van der Waals surface area (Å²) in [7, 11) is 0. The van der Waals surface area contributed by atoms with Crippen LogP contribution in [-0.4, -0.2) is 5.97 Å². The van der Waals surface area contributed by atoms with Crippen molar-refractivity contribution in [3.05, 3.63) is 29.8 Å². The molecule has 2 fully saturated rings. The maximum atomic E-state index is 12.4. The van der Waals surface area contributed by atoms with Gasteiger partial charge in [-0.2, -0.15) is 0 Å². The first-order valence-electron chi connectivity index (χ1n) is 11.5. The fourth-order valence-electron chi connectivity index (χ4n) is 5.09. The molecule has 2 aliphatic rings. The van der Waals surface area contributed by atoms with Crippen molar-refractivity contribution in [2.75, 3.05) is 0 Å². The van der Waals surface area contributed by atoms with E-state index in [0.717, 1.165) is 30.4 Å². The van der Waals surface area contributed by atoms with Crippen LogP contribution in [0.2, 0.25) is 0 Å². The van der Waals surface area contributed by atoms with Crippen LogP contribution >= 0.6 is 0 Å². The van der Waals surface area contributed by atoms with E-state index in [1.165, 1.54) is 69.8 Å². The minimum atomic E-state index is -0.0197. The van der Waals surface area contributed by atoms with Crippen molar-refractivity contribution in [1.82, 2.24) is 0 Å². The van der Waals surface area contributed by atoms with Gasteiger partial charge >= 0.3 is 5.97 Å². The summed E-state index contributed by atoms with van der Waals surface area (Å²) in [6, 6.07) is 8.39. The lowest BCUT2D eigenvalue weighted by Gasteiger charge is -2.29. The third kappa shape index (κ3) is 5.83. The number of benzene rings is 1. The van der Waals surface area contributed by atoms with E-state index >= 15 is 0 Å². The van der Waals surface area contributed by atoms with E-state index in [9.17, 15) is 4.79 Å². The van der Waals surface area contributed by atoms with Gasteiger partial charge in [0, 0.05) is 0 Å². The predicted molar refractivity (Wildman–Crippen MR) is 112 cm³/mol. The van der Waals surface area contributed by atoms with Gasteiger partial charge in [0.25, 0.3) is 0 Å². The standard InChI is InChI=1S/C25H38O2/c1-3-5-6-20-9-11-21(12-10-20)22-15-17-24(18-16-22)27-25(26)23-13-7-19(4-2)8-14-23/h15-21,23H,3-14H2,1-2H3. The minimum Gasteiger partial charge on any atom is -0.426 e. The average molecular weight is 371 g/mol. The zero-order valence-corrected chi connectivity index (χ0v) is 17.4. The maximum absolute atomic E-state index is 12.4. The molecule has 0 spiro atoms. The van der Waals surface area contributed by atoms with Crippen LogP contribution in [0.5, 0.6) is 5.75 Å². The van der Waals surface area contributed by atoms with Gasteiger partial charge in [-0.05, 0) is 86.8 Å². The van der Waals surface area contributed by atoms with E-state index in [2.05, 4.69) is 26.0 Å². The van der Waals surface area contributed by atoms with Crippen molar-refractivity contribution in [3.63, 3.8) is 0 Å². The highest BCUT2D eigenvalue weighted by atomic mass is 16.5. The highest BCUT2D eigenvalue weighted by Crippen LogP contribution is 2.38. The molecule has 1 aromatic carbocycles. The van der Waals surface area contributed by atoms with Gasteiger partial charge < -0.3 is 4.74 Å². The highest BCUT2D eigenvalue weighted by Gasteiger charge is 2.27. The van der Waals surface area contributed by atoms with Gasteiger partial charge in [0.1, 0.15) is 5.75 Å². The van der Waals surface area contributed by atoms with Crippen molar-refractivity contribution < 1.29 is 9.53 Å². The Labute approximate surface area is 166 Å². The molecular formula is C25H38O2. The zero-order chi connectivity index (χ0) is 19.1. The quantitative estimate of drug-likeness (QED) is 0.372. The van der Waals surface area contributed by atoms with Crippen LogP contribution in [0.1, 0.15) is 102 Å². The number of hydrogen-bond acceptors (Lipinski definition) is 2. The Morgan fingerprint density at radius 2 is 1.52 bits per heavy atom. The number of esters is 1. The van der Waals surface area contributed by atoms with E-state index in [1.807, 2.05) is 12.1 Å². The third-order valence-electron chi connectivity index (χ3n) is 7.14. The molecule has 2 saturated carbocycles. The SMILES string of the molecule is CCCCC1CCC(c2ccc(OC(=O)C3CCC(CC)CC3)cc2)CC1. The van der Waals surface area contributed by atoms with Crippen molar-refractivity contribution in [3.8, 4) is 5.75 Å². The molecule has 3 rings (SSSR count). The summed E-state index contributed by atoms with van der Waals surface area (Å²) in [4.78, 5) is 12.4. The lowest BCUT2D eigenvalue weighted by Crippen LogP contribution is -2.25. The Morgan fingerprint density at radius 1 is 0.889 bits per heavy atom. The van der Waals surface area contributed by atoms with E-state index in [0.29, 0.717) is 5.92 Å². The molecule has 150 valence electrons. The van der Waals surface area contributed by atoms with E-state index < -0.39 is 0 Å². The normalized spacial score (nSPS) is 28.7. The number of hydrogen-bond donors (Lipinski definition) is 0. The van der Waals surface area contributed by atoms with Crippen molar-refractivity contribution >= 4 is 5.97 Å². The Morgan fingerprint density at radius 3 is 2.11 bits per heavy atom. The molecule has 1 aromatic rings. The molecule has 0 amide bonds. The first-order chi connectivity index (χ1) is 13.2. The monoisotopic (exact) mass is 370 g/mol.